The van der Waals surface area contributed by atoms with E-state index in [4.69, 9.17) is 15.0 Å². The number of pyridine rings is 3. The van der Waals surface area contributed by atoms with Gasteiger partial charge in [0, 0.05) is 28.2 Å². The Kier molecular flexibility index (Phi) is 6.55. The zero-order valence-corrected chi connectivity index (χ0v) is 24.1. The minimum absolute atomic E-state index is 0.797. The van der Waals surface area contributed by atoms with Crippen molar-refractivity contribution < 1.29 is 0 Å². The number of aromatic nitrogens is 3. The van der Waals surface area contributed by atoms with E-state index in [1.807, 2.05) is 92.6 Å². The lowest BCUT2D eigenvalue weighted by molar-refractivity contribution is 1.02. The van der Waals surface area contributed by atoms with Crippen LogP contribution >= 0.6 is 0 Å². The van der Waals surface area contributed by atoms with Crippen LogP contribution in [0.1, 0.15) is 5.56 Å². The van der Waals surface area contributed by atoms with Gasteiger partial charge in [-0.1, -0.05) is 49.8 Å². The molecule has 8 bridgehead atoms. The third-order valence-corrected chi connectivity index (χ3v) is 7.40. The van der Waals surface area contributed by atoms with Gasteiger partial charge in [0.2, 0.25) is 0 Å². The molecular weight excluding hydrogens is 486 g/mol. The molecule has 1 aromatic carbocycles. The first kappa shape index (κ1) is 25.3. The third kappa shape index (κ3) is 4.93. The number of fused-ring (bicyclic) bond motifs is 8. The average molecular weight is 520 g/mol. The van der Waals surface area contributed by atoms with Gasteiger partial charge in [-0.05, 0) is 48.5 Å². The molecule has 1 aliphatic heterocycles. The van der Waals surface area contributed by atoms with Crippen molar-refractivity contribution in [1.29, 1.82) is 0 Å². The summed E-state index contributed by atoms with van der Waals surface area (Å²) in [5, 5.41) is 0. The van der Waals surface area contributed by atoms with Gasteiger partial charge < -0.3 is 19.6 Å². The van der Waals surface area contributed by atoms with Gasteiger partial charge in [0.1, 0.15) is 43.0 Å². The lowest BCUT2D eigenvalue weighted by Gasteiger charge is -2.28. The summed E-state index contributed by atoms with van der Waals surface area (Å²) in [6, 6.07) is 24.4. The number of rotatable bonds is 0. The fourth-order valence-electron chi connectivity index (χ4n) is 4.30. The molecule has 1 aliphatic rings. The summed E-state index contributed by atoms with van der Waals surface area (Å²) in [5.74, 6) is 8.42. The van der Waals surface area contributed by atoms with E-state index in [9.17, 15) is 0 Å². The molecule has 4 heterocycles. The standard InChI is InChI=1S/C30H33N7Si/c1-34-23-12-8-13-24(22(23)20-21-38(5,6)7)35(2)26-15-10-17-28(32-26)37(4)30-19-11-18-29(33-30)36(3)27-16-9-14-25(34)31-27/h8-19H,1-7H3. The van der Waals surface area contributed by atoms with Crippen molar-refractivity contribution in [2.75, 3.05) is 47.8 Å². The summed E-state index contributed by atoms with van der Waals surface area (Å²) in [4.78, 5) is 23.2. The zero-order chi connectivity index (χ0) is 27.0. The van der Waals surface area contributed by atoms with Crippen LogP contribution in [0.4, 0.5) is 46.3 Å². The second-order valence-electron chi connectivity index (χ2n) is 10.5. The molecule has 192 valence electrons. The topological polar surface area (TPSA) is 51.6 Å². The van der Waals surface area contributed by atoms with E-state index in [0.29, 0.717) is 0 Å². The van der Waals surface area contributed by atoms with Crippen LogP contribution in [0.5, 0.6) is 0 Å². The summed E-state index contributed by atoms with van der Waals surface area (Å²) >= 11 is 0. The van der Waals surface area contributed by atoms with Gasteiger partial charge in [0.25, 0.3) is 0 Å². The van der Waals surface area contributed by atoms with E-state index in [-0.39, 0.29) is 0 Å². The maximum absolute atomic E-state index is 5.01. The van der Waals surface area contributed by atoms with Crippen molar-refractivity contribution in [1.82, 2.24) is 15.0 Å². The lowest BCUT2D eigenvalue weighted by atomic mass is 10.1. The third-order valence-electron chi connectivity index (χ3n) is 6.53. The number of hydrogen-bond acceptors (Lipinski definition) is 7. The first-order valence-corrected chi connectivity index (χ1v) is 16.1. The molecule has 0 aliphatic carbocycles. The molecule has 0 amide bonds. The van der Waals surface area contributed by atoms with E-state index in [2.05, 4.69) is 59.1 Å². The molecule has 0 spiro atoms. The van der Waals surface area contributed by atoms with Gasteiger partial charge in [-0.15, -0.1) is 5.54 Å². The molecule has 5 rings (SSSR count). The van der Waals surface area contributed by atoms with Crippen LogP contribution in [0.15, 0.2) is 72.8 Å². The van der Waals surface area contributed by atoms with Crippen LogP contribution in [-0.2, 0) is 0 Å². The minimum atomic E-state index is -1.64. The summed E-state index contributed by atoms with van der Waals surface area (Å²) < 4.78 is 0. The molecule has 0 saturated carbocycles. The second kappa shape index (κ2) is 9.84. The Morgan fingerprint density at radius 2 is 0.816 bits per heavy atom. The summed E-state index contributed by atoms with van der Waals surface area (Å²) in [7, 11) is 6.42. The molecule has 0 unspecified atom stereocenters. The van der Waals surface area contributed by atoms with Gasteiger partial charge in [0.05, 0.1) is 16.9 Å². The molecule has 3 aromatic heterocycles. The van der Waals surface area contributed by atoms with Crippen molar-refractivity contribution in [3.63, 3.8) is 0 Å². The summed E-state index contributed by atoms with van der Waals surface area (Å²) in [5.41, 5.74) is 6.53. The van der Waals surface area contributed by atoms with Gasteiger partial charge in [-0.3, -0.25) is 0 Å². The van der Waals surface area contributed by atoms with Crippen LogP contribution in [0.25, 0.3) is 0 Å². The van der Waals surface area contributed by atoms with Crippen LogP contribution in [-0.4, -0.2) is 51.2 Å². The van der Waals surface area contributed by atoms with Gasteiger partial charge in [-0.2, -0.15) is 0 Å². The van der Waals surface area contributed by atoms with E-state index < -0.39 is 8.07 Å². The van der Waals surface area contributed by atoms with E-state index >= 15 is 0 Å². The van der Waals surface area contributed by atoms with Crippen molar-refractivity contribution in [3.05, 3.63) is 78.4 Å². The predicted molar refractivity (Wildman–Crippen MR) is 162 cm³/mol. The van der Waals surface area contributed by atoms with Crippen molar-refractivity contribution in [2.24, 2.45) is 0 Å². The Balaban J connectivity index is 1.79. The van der Waals surface area contributed by atoms with Crippen LogP contribution in [0.3, 0.4) is 0 Å². The van der Waals surface area contributed by atoms with E-state index in [1.165, 1.54) is 0 Å². The Hall–Kier alpha value is -4.35. The van der Waals surface area contributed by atoms with Gasteiger partial charge >= 0.3 is 0 Å². The largest absolute Gasteiger partial charge is 0.328 e. The molecule has 0 saturated heterocycles. The van der Waals surface area contributed by atoms with Crippen LogP contribution in [0, 0.1) is 11.5 Å². The molecule has 0 radical (unpaired) electrons. The predicted octanol–water partition coefficient (Wildman–Crippen LogP) is 6.49. The van der Waals surface area contributed by atoms with E-state index in [1.54, 1.807) is 0 Å². The molecule has 8 heteroatoms. The van der Waals surface area contributed by atoms with Crippen LogP contribution < -0.4 is 19.6 Å². The Morgan fingerprint density at radius 3 is 1.16 bits per heavy atom. The quantitative estimate of drug-likeness (QED) is 0.194. The Labute approximate surface area is 226 Å². The Bertz CT molecular complexity index is 1460. The van der Waals surface area contributed by atoms with Gasteiger partial charge in [-0.25, -0.2) is 15.0 Å². The monoisotopic (exact) mass is 519 g/mol. The molecule has 4 aromatic rings. The highest BCUT2D eigenvalue weighted by atomic mass is 28.3. The Morgan fingerprint density at radius 1 is 0.500 bits per heavy atom. The molecule has 0 N–H and O–H groups in total. The fourth-order valence-corrected chi connectivity index (χ4v) is 4.80. The van der Waals surface area contributed by atoms with Crippen molar-refractivity contribution >= 4 is 54.4 Å². The summed E-state index contributed by atoms with van der Waals surface area (Å²) in [6.07, 6.45) is 0. The minimum Gasteiger partial charge on any atom is -0.328 e. The number of benzene rings is 1. The maximum atomic E-state index is 5.01. The second-order valence-corrected chi connectivity index (χ2v) is 15.2. The normalized spacial score (nSPS) is 13.2. The zero-order valence-electron chi connectivity index (χ0n) is 23.1. The SMILES string of the molecule is CN1c2cccc(n2)N(C)c2cccc(n2)N(C)c2cccc(c2C#C[Si](C)(C)C)N(C)c2cccc1n2. The van der Waals surface area contributed by atoms with Crippen molar-refractivity contribution in [3.8, 4) is 11.5 Å². The fraction of sp³-hybridized carbons (Fsp3) is 0.233. The first-order valence-electron chi connectivity index (χ1n) is 12.6. The van der Waals surface area contributed by atoms with Crippen LogP contribution in [0.2, 0.25) is 19.6 Å². The molecular formula is C30H33N7Si. The number of hydrogen-bond donors (Lipinski definition) is 0. The highest BCUT2D eigenvalue weighted by molar-refractivity contribution is 6.83. The molecule has 38 heavy (non-hydrogen) atoms. The molecule has 0 fully saturated rings. The summed E-state index contributed by atoms with van der Waals surface area (Å²) in [6.45, 7) is 6.79. The highest BCUT2D eigenvalue weighted by Crippen LogP contribution is 2.36. The lowest BCUT2D eigenvalue weighted by Crippen LogP contribution is -2.21. The molecule has 7 nitrogen and oxygen atoms in total. The molecule has 0 atom stereocenters. The highest BCUT2D eigenvalue weighted by Gasteiger charge is 2.20. The number of anilines is 8. The van der Waals surface area contributed by atoms with E-state index in [0.717, 1.165) is 51.8 Å². The van der Waals surface area contributed by atoms with Gasteiger partial charge in [0.15, 0.2) is 0 Å². The maximum Gasteiger partial charge on any atom is 0.136 e. The van der Waals surface area contributed by atoms with Crippen molar-refractivity contribution in [2.45, 2.75) is 19.6 Å². The first-order chi connectivity index (χ1) is 18.1. The average Bonchev–Trinajstić information content (AvgIpc) is 2.93. The smallest absolute Gasteiger partial charge is 0.136 e. The number of nitrogens with zero attached hydrogens (tertiary/aromatic N) is 7.